The molecule has 0 amide bonds. The number of anilines is 1. The molecule has 0 bridgehead atoms. The maximum Gasteiger partial charge on any atom is 0.124 e. The summed E-state index contributed by atoms with van der Waals surface area (Å²) in [5.41, 5.74) is 7.49. The van der Waals surface area contributed by atoms with Crippen LogP contribution in [0.5, 0.6) is 5.75 Å². The van der Waals surface area contributed by atoms with Crippen LogP contribution in [0.4, 0.5) is 5.69 Å². The monoisotopic (exact) mass is 205 g/mol. The molecule has 2 aromatic rings. The number of thiol groups is 1. The number of aryl methyl sites for hydroxylation is 1. The molecule has 0 spiro atoms. The number of rotatable bonds is 0. The highest BCUT2D eigenvalue weighted by Gasteiger charge is 2.05. The van der Waals surface area contributed by atoms with E-state index in [9.17, 15) is 5.11 Å². The van der Waals surface area contributed by atoms with E-state index in [2.05, 4.69) is 12.6 Å². The van der Waals surface area contributed by atoms with E-state index in [4.69, 9.17) is 5.73 Å². The Morgan fingerprint density at radius 3 is 2.64 bits per heavy atom. The van der Waals surface area contributed by atoms with Crippen LogP contribution in [0.2, 0.25) is 0 Å². The number of aromatic hydroxyl groups is 1. The Kier molecular flexibility index (Phi) is 2.04. The number of hydrogen-bond donors (Lipinski definition) is 3. The molecule has 2 aromatic carbocycles. The number of hydrogen-bond acceptors (Lipinski definition) is 3. The van der Waals surface area contributed by atoms with E-state index in [-0.39, 0.29) is 5.75 Å². The van der Waals surface area contributed by atoms with Crippen LogP contribution in [-0.4, -0.2) is 5.11 Å². The van der Waals surface area contributed by atoms with Gasteiger partial charge in [-0.25, -0.2) is 0 Å². The fourth-order valence-electron chi connectivity index (χ4n) is 1.56. The molecule has 14 heavy (non-hydrogen) atoms. The first-order valence-electron chi connectivity index (χ1n) is 4.30. The molecule has 0 aliphatic rings. The Bertz CT molecular complexity index is 508. The fourth-order valence-corrected chi connectivity index (χ4v) is 1.81. The van der Waals surface area contributed by atoms with Gasteiger partial charge in [0.05, 0.1) is 0 Å². The van der Waals surface area contributed by atoms with Gasteiger partial charge in [0.25, 0.3) is 0 Å². The molecular formula is C11H11NOS. The lowest BCUT2D eigenvalue weighted by Crippen LogP contribution is -1.90. The Labute approximate surface area is 87.8 Å². The number of fused-ring (bicyclic) bond motifs is 1. The van der Waals surface area contributed by atoms with Gasteiger partial charge in [0.1, 0.15) is 5.75 Å². The predicted molar refractivity (Wildman–Crippen MR) is 62.0 cm³/mol. The van der Waals surface area contributed by atoms with E-state index in [0.717, 1.165) is 26.9 Å². The van der Waals surface area contributed by atoms with E-state index < -0.39 is 0 Å². The number of phenols is 1. The fraction of sp³-hybridized carbons (Fsp3) is 0.0909. The van der Waals surface area contributed by atoms with Crippen LogP contribution in [0, 0.1) is 6.92 Å². The zero-order valence-electron chi connectivity index (χ0n) is 7.78. The van der Waals surface area contributed by atoms with Crippen LogP contribution >= 0.6 is 12.6 Å². The van der Waals surface area contributed by atoms with E-state index in [1.54, 1.807) is 12.1 Å². The zero-order valence-corrected chi connectivity index (χ0v) is 8.68. The van der Waals surface area contributed by atoms with Gasteiger partial charge in [0, 0.05) is 16.0 Å². The lowest BCUT2D eigenvalue weighted by molar-refractivity contribution is 0.480. The second-order valence-electron chi connectivity index (χ2n) is 3.34. The molecule has 0 saturated heterocycles. The summed E-state index contributed by atoms with van der Waals surface area (Å²) in [6, 6.07) is 7.15. The smallest absolute Gasteiger partial charge is 0.124 e. The van der Waals surface area contributed by atoms with Gasteiger partial charge in [0.2, 0.25) is 0 Å². The third kappa shape index (κ3) is 1.30. The van der Waals surface area contributed by atoms with Crippen molar-refractivity contribution in [2.24, 2.45) is 0 Å². The largest absolute Gasteiger partial charge is 0.507 e. The van der Waals surface area contributed by atoms with Crippen molar-refractivity contribution < 1.29 is 5.11 Å². The number of benzene rings is 2. The van der Waals surface area contributed by atoms with Crippen molar-refractivity contribution in [1.82, 2.24) is 0 Å². The Balaban J connectivity index is 2.95. The van der Waals surface area contributed by atoms with Crippen molar-refractivity contribution in [3.8, 4) is 5.75 Å². The molecule has 0 aromatic heterocycles. The molecule has 0 aliphatic carbocycles. The van der Waals surface area contributed by atoms with E-state index in [1.807, 2.05) is 19.1 Å². The van der Waals surface area contributed by atoms with Crippen molar-refractivity contribution in [2.45, 2.75) is 11.8 Å². The van der Waals surface area contributed by atoms with Crippen LogP contribution in [-0.2, 0) is 0 Å². The van der Waals surface area contributed by atoms with E-state index in [0.29, 0.717) is 0 Å². The minimum Gasteiger partial charge on any atom is -0.507 e. The summed E-state index contributed by atoms with van der Waals surface area (Å²) in [5.74, 6) is 0.246. The molecule has 72 valence electrons. The second-order valence-corrected chi connectivity index (χ2v) is 3.86. The Morgan fingerprint density at radius 1 is 1.21 bits per heavy atom. The quantitative estimate of drug-likeness (QED) is 0.457. The first-order valence-corrected chi connectivity index (χ1v) is 4.75. The van der Waals surface area contributed by atoms with Crippen LogP contribution in [0.15, 0.2) is 29.2 Å². The van der Waals surface area contributed by atoms with Crippen molar-refractivity contribution >= 4 is 29.1 Å². The highest BCUT2D eigenvalue weighted by molar-refractivity contribution is 7.80. The zero-order chi connectivity index (χ0) is 10.3. The molecule has 2 rings (SSSR count). The average Bonchev–Trinajstić information content (AvgIpc) is 2.12. The molecule has 0 unspecified atom stereocenters. The summed E-state index contributed by atoms with van der Waals surface area (Å²) in [6.07, 6.45) is 0. The first kappa shape index (κ1) is 9.21. The molecular weight excluding hydrogens is 194 g/mol. The molecule has 0 heterocycles. The van der Waals surface area contributed by atoms with Crippen molar-refractivity contribution in [3.05, 3.63) is 29.8 Å². The average molecular weight is 205 g/mol. The third-order valence-electron chi connectivity index (χ3n) is 2.41. The predicted octanol–water partition coefficient (Wildman–Crippen LogP) is 2.72. The Morgan fingerprint density at radius 2 is 1.93 bits per heavy atom. The molecule has 3 heteroatoms. The maximum absolute atomic E-state index is 9.68. The summed E-state index contributed by atoms with van der Waals surface area (Å²) >= 11 is 4.21. The van der Waals surface area contributed by atoms with Gasteiger partial charge in [0.15, 0.2) is 0 Å². The highest BCUT2D eigenvalue weighted by atomic mass is 32.1. The molecule has 0 radical (unpaired) electrons. The molecule has 0 saturated carbocycles. The van der Waals surface area contributed by atoms with E-state index in [1.165, 1.54) is 0 Å². The molecule has 0 fully saturated rings. The standard InChI is InChI=1S/C11H11NOS/c1-6-9-4-7(14)5-11(13)8(9)2-3-10(6)12/h2-5,13-14H,12H2,1H3. The van der Waals surface area contributed by atoms with Gasteiger partial charge in [-0.3, -0.25) is 0 Å². The summed E-state index contributed by atoms with van der Waals surface area (Å²) < 4.78 is 0. The van der Waals surface area contributed by atoms with Gasteiger partial charge in [-0.15, -0.1) is 12.6 Å². The summed E-state index contributed by atoms with van der Waals surface area (Å²) in [6.45, 7) is 1.93. The van der Waals surface area contributed by atoms with Crippen LogP contribution < -0.4 is 5.73 Å². The van der Waals surface area contributed by atoms with Crippen LogP contribution in [0.1, 0.15) is 5.56 Å². The first-order chi connectivity index (χ1) is 6.59. The van der Waals surface area contributed by atoms with Gasteiger partial charge in [-0.05, 0) is 42.1 Å². The minimum atomic E-state index is 0.246. The number of nitrogens with two attached hydrogens (primary N) is 1. The normalized spacial score (nSPS) is 10.7. The summed E-state index contributed by atoms with van der Waals surface area (Å²) in [4.78, 5) is 0.740. The highest BCUT2D eigenvalue weighted by Crippen LogP contribution is 2.32. The molecule has 0 aliphatic heterocycles. The van der Waals surface area contributed by atoms with Gasteiger partial charge >= 0.3 is 0 Å². The number of phenolic OH excluding ortho intramolecular Hbond substituents is 1. The van der Waals surface area contributed by atoms with Gasteiger partial charge in [-0.2, -0.15) is 0 Å². The molecule has 0 atom stereocenters. The van der Waals surface area contributed by atoms with Crippen molar-refractivity contribution in [3.63, 3.8) is 0 Å². The molecule has 2 nitrogen and oxygen atoms in total. The van der Waals surface area contributed by atoms with Crippen molar-refractivity contribution in [2.75, 3.05) is 5.73 Å². The molecule has 3 N–H and O–H groups in total. The Hall–Kier alpha value is -1.35. The number of nitrogen functional groups attached to an aromatic ring is 1. The summed E-state index contributed by atoms with van der Waals surface area (Å²) in [7, 11) is 0. The summed E-state index contributed by atoms with van der Waals surface area (Å²) in [5, 5.41) is 11.4. The minimum absolute atomic E-state index is 0.246. The maximum atomic E-state index is 9.68. The van der Waals surface area contributed by atoms with Gasteiger partial charge in [-0.1, -0.05) is 0 Å². The van der Waals surface area contributed by atoms with Crippen LogP contribution in [0.25, 0.3) is 10.8 Å². The van der Waals surface area contributed by atoms with E-state index >= 15 is 0 Å². The topological polar surface area (TPSA) is 46.2 Å². The SMILES string of the molecule is Cc1c(N)ccc2c(O)cc(S)cc12. The van der Waals surface area contributed by atoms with Crippen LogP contribution in [0.3, 0.4) is 0 Å². The van der Waals surface area contributed by atoms with Gasteiger partial charge < -0.3 is 10.8 Å². The third-order valence-corrected chi connectivity index (χ3v) is 2.67. The second kappa shape index (κ2) is 3.10. The van der Waals surface area contributed by atoms with Crippen molar-refractivity contribution in [1.29, 1.82) is 0 Å². The lowest BCUT2D eigenvalue weighted by atomic mass is 10.0. The lowest BCUT2D eigenvalue weighted by Gasteiger charge is -2.07.